The fourth-order valence-corrected chi connectivity index (χ4v) is 11.2. The summed E-state index contributed by atoms with van der Waals surface area (Å²) in [5.41, 5.74) is 1.04. The Morgan fingerprint density at radius 1 is 1.00 bits per heavy atom. The largest absolute Gasteiger partial charge is 0.386 e. The molecule has 0 bridgehead atoms. The van der Waals surface area contributed by atoms with Gasteiger partial charge in [-0.25, -0.2) is 0 Å². The van der Waals surface area contributed by atoms with Crippen molar-refractivity contribution in [2.24, 2.45) is 46.3 Å². The Balaban J connectivity index is 1.20. The highest BCUT2D eigenvalue weighted by molar-refractivity contribution is 7.85. The topological polar surface area (TPSA) is 104 Å². The van der Waals surface area contributed by atoms with Crippen molar-refractivity contribution >= 4 is 16.0 Å². The number of rotatable bonds is 12. The molecule has 0 radical (unpaired) electrons. The number of hydrogen-bond donors (Lipinski definition) is 3. The van der Waals surface area contributed by atoms with Gasteiger partial charge in [-0.1, -0.05) is 33.6 Å². The van der Waals surface area contributed by atoms with Crippen LogP contribution in [0.2, 0.25) is 0 Å². The molecule has 3 N–H and O–H groups in total. The number of aliphatic hydroxyl groups excluding tert-OH is 1. The van der Waals surface area contributed by atoms with Crippen LogP contribution in [-0.4, -0.2) is 74.1 Å². The molecule has 0 saturated heterocycles. The number of fused-ring (bicyclic) bond motifs is 5. The summed E-state index contributed by atoms with van der Waals surface area (Å²) in [4.78, 5) is 12.7. The minimum Gasteiger partial charge on any atom is -0.386 e. The number of carbonyl (C=O) groups excluding carboxylic acids is 1. The second-order valence-electron chi connectivity index (χ2n) is 15.6. The van der Waals surface area contributed by atoms with Crippen LogP contribution in [0.3, 0.4) is 0 Å². The molecule has 7 nitrogen and oxygen atoms in total. The van der Waals surface area contributed by atoms with Crippen LogP contribution in [-0.2, 0) is 14.9 Å². The third-order valence-electron chi connectivity index (χ3n) is 12.5. The zero-order valence-corrected chi connectivity index (χ0v) is 26.9. The Morgan fingerprint density at radius 2 is 1.73 bits per heavy atom. The molecule has 0 aliphatic heterocycles. The average molecular weight is 584 g/mol. The second-order valence-corrected chi connectivity index (χ2v) is 17.1. The van der Waals surface area contributed by atoms with E-state index in [4.69, 9.17) is 4.55 Å². The minimum absolute atomic E-state index is 0.121. The van der Waals surface area contributed by atoms with E-state index < -0.39 is 22.0 Å². The zero-order valence-electron chi connectivity index (χ0n) is 26.0. The Kier molecular flexibility index (Phi) is 10.1. The van der Waals surface area contributed by atoms with Crippen LogP contribution in [0.15, 0.2) is 0 Å². The highest BCUT2D eigenvalue weighted by Gasteiger charge is 2.60. The van der Waals surface area contributed by atoms with E-state index in [-0.39, 0.29) is 12.5 Å². The second kappa shape index (κ2) is 12.5. The molecule has 1 amide bonds. The molecule has 0 spiro atoms. The van der Waals surface area contributed by atoms with E-state index in [9.17, 15) is 18.3 Å². The first-order valence-electron chi connectivity index (χ1n) is 16.4. The lowest BCUT2D eigenvalue weighted by atomic mass is 9.44. The molecule has 0 aromatic carbocycles. The van der Waals surface area contributed by atoms with Crippen LogP contribution in [0.5, 0.6) is 0 Å². The molecule has 0 heterocycles. The van der Waals surface area contributed by atoms with Crippen molar-refractivity contribution in [2.45, 2.75) is 110 Å². The number of likely N-dealkylation sites (N-methyl/N-ethyl adjacent to an activating group) is 1. The highest BCUT2D eigenvalue weighted by atomic mass is 32.2. The smallest absolute Gasteiger partial charge is 0.267 e. The van der Waals surface area contributed by atoms with Gasteiger partial charge in [0.2, 0.25) is 5.91 Å². The van der Waals surface area contributed by atoms with Gasteiger partial charge in [0.25, 0.3) is 10.1 Å². The molecule has 8 heteroatoms. The molecular formula is C32H59N2O5S+. The van der Waals surface area contributed by atoms with E-state index in [2.05, 4.69) is 26.1 Å². The molecule has 40 heavy (non-hydrogen) atoms. The lowest BCUT2D eigenvalue weighted by molar-refractivity contribution is -0.893. The maximum Gasteiger partial charge on any atom is 0.267 e. The first kappa shape index (κ1) is 32.2. The Bertz CT molecular complexity index is 986. The van der Waals surface area contributed by atoms with Crippen molar-refractivity contribution in [1.82, 2.24) is 5.32 Å². The average Bonchev–Trinajstić information content (AvgIpc) is 3.20. The van der Waals surface area contributed by atoms with Gasteiger partial charge in [-0.3, -0.25) is 9.35 Å². The van der Waals surface area contributed by atoms with Gasteiger partial charge in [-0.15, -0.1) is 0 Å². The SMILES string of the molecule is C[C@H](CCC(=O)NCCC[N+](C)(C)C[C@H](O)CS(=O)(=O)O)[C@H]1CC[C@@H]2[C@@H]3CC[C@@H]4CCCC[C@]4(C)[C@@H]3CC[C@@]21C. The maximum atomic E-state index is 12.7. The van der Waals surface area contributed by atoms with Crippen LogP contribution < -0.4 is 5.32 Å². The van der Waals surface area contributed by atoms with Gasteiger partial charge < -0.3 is 14.9 Å². The Hall–Kier alpha value is -0.700. The van der Waals surface area contributed by atoms with Crippen molar-refractivity contribution in [1.29, 1.82) is 0 Å². The number of nitrogens with zero attached hydrogens (tertiary/aromatic N) is 1. The van der Waals surface area contributed by atoms with Crippen molar-refractivity contribution in [3.05, 3.63) is 0 Å². The fourth-order valence-electron chi connectivity index (χ4n) is 10.6. The zero-order chi connectivity index (χ0) is 29.3. The molecule has 0 aromatic rings. The standard InChI is InChI=1S/C32H58N2O5S/c1-23(10-15-30(36)33-19-8-20-34(4,5)21-25(35)22-40(37,38)39)27-13-14-28-26-12-11-24-9-6-7-17-31(24,2)29(26)16-18-32(27,28)3/h23-29,35H,6-22H2,1-5H3,(H-,33,36,37,38,39)/p+1/t23-,24+,25+,26+,27-,28-,29-,31+,32-/m1/s1. The summed E-state index contributed by atoms with van der Waals surface area (Å²) < 4.78 is 31.4. The van der Waals surface area contributed by atoms with E-state index in [0.29, 0.717) is 40.7 Å². The van der Waals surface area contributed by atoms with Crippen LogP contribution in [0.4, 0.5) is 0 Å². The lowest BCUT2D eigenvalue weighted by Gasteiger charge is -2.61. The van der Waals surface area contributed by atoms with Gasteiger partial charge in [0.15, 0.2) is 0 Å². The van der Waals surface area contributed by atoms with Crippen molar-refractivity contribution in [3.63, 3.8) is 0 Å². The first-order valence-corrected chi connectivity index (χ1v) is 18.0. The summed E-state index contributed by atoms with van der Waals surface area (Å²) in [6, 6.07) is 0. The molecule has 0 aromatic heterocycles. The number of nitrogens with one attached hydrogen (secondary N) is 1. The molecule has 4 aliphatic carbocycles. The van der Waals surface area contributed by atoms with E-state index in [1.54, 1.807) is 0 Å². The van der Waals surface area contributed by atoms with E-state index >= 15 is 0 Å². The minimum atomic E-state index is -4.19. The number of hydrogen-bond acceptors (Lipinski definition) is 4. The molecule has 232 valence electrons. The predicted octanol–water partition coefficient (Wildman–Crippen LogP) is 5.28. The van der Waals surface area contributed by atoms with Gasteiger partial charge in [0.05, 0.1) is 20.6 Å². The summed E-state index contributed by atoms with van der Waals surface area (Å²) in [6.07, 6.45) is 15.5. The summed E-state index contributed by atoms with van der Waals surface area (Å²) in [6.45, 7) is 9.18. The Morgan fingerprint density at radius 3 is 2.45 bits per heavy atom. The van der Waals surface area contributed by atoms with Crippen molar-refractivity contribution in [3.8, 4) is 0 Å². The van der Waals surface area contributed by atoms with Gasteiger partial charge >= 0.3 is 0 Å². The van der Waals surface area contributed by atoms with Gasteiger partial charge in [-0.2, -0.15) is 8.42 Å². The molecule has 9 atom stereocenters. The van der Waals surface area contributed by atoms with Crippen molar-refractivity contribution < 1.29 is 27.4 Å². The van der Waals surface area contributed by atoms with Crippen LogP contribution in [0.1, 0.15) is 104 Å². The number of quaternary nitrogens is 1. The first-order chi connectivity index (χ1) is 18.6. The Labute approximate surface area is 244 Å². The third-order valence-corrected chi connectivity index (χ3v) is 13.3. The summed E-state index contributed by atoms with van der Waals surface area (Å²) in [7, 11) is -0.357. The monoisotopic (exact) mass is 583 g/mol. The number of amides is 1. The van der Waals surface area contributed by atoms with Crippen LogP contribution in [0.25, 0.3) is 0 Å². The lowest BCUT2D eigenvalue weighted by Crippen LogP contribution is -2.53. The fraction of sp³-hybridized carbons (Fsp3) is 0.969. The third kappa shape index (κ3) is 7.26. The van der Waals surface area contributed by atoms with E-state index in [1.165, 1.54) is 64.2 Å². The van der Waals surface area contributed by atoms with Crippen LogP contribution in [0, 0.1) is 46.3 Å². The van der Waals surface area contributed by atoms with E-state index in [0.717, 1.165) is 42.4 Å². The molecule has 4 aliphatic rings. The molecule has 4 saturated carbocycles. The normalized spacial score (nSPS) is 37.6. The highest BCUT2D eigenvalue weighted by Crippen LogP contribution is 2.68. The molecule has 4 fully saturated rings. The number of carbonyl (C=O) groups is 1. The summed E-state index contributed by atoms with van der Waals surface area (Å²) in [5, 5.41) is 13.0. The molecule has 4 rings (SSSR count). The summed E-state index contributed by atoms with van der Waals surface area (Å²) >= 11 is 0. The van der Waals surface area contributed by atoms with Gasteiger partial charge in [0, 0.05) is 19.4 Å². The predicted molar refractivity (Wildman–Crippen MR) is 160 cm³/mol. The van der Waals surface area contributed by atoms with Gasteiger partial charge in [0.1, 0.15) is 18.4 Å². The molecular weight excluding hydrogens is 524 g/mol. The quantitative estimate of drug-likeness (QED) is 0.165. The molecule has 0 unspecified atom stereocenters. The number of aliphatic hydroxyl groups is 1. The van der Waals surface area contributed by atoms with Crippen LogP contribution >= 0.6 is 0 Å². The van der Waals surface area contributed by atoms with Gasteiger partial charge in [-0.05, 0) is 104 Å². The summed E-state index contributed by atoms with van der Waals surface area (Å²) in [5.74, 6) is 4.50. The maximum absolute atomic E-state index is 12.7. The van der Waals surface area contributed by atoms with E-state index in [1.807, 2.05) is 14.1 Å². The van der Waals surface area contributed by atoms with Crippen molar-refractivity contribution in [2.75, 3.05) is 39.5 Å².